The maximum atomic E-state index is 13.0. The van der Waals surface area contributed by atoms with Crippen molar-refractivity contribution in [3.8, 4) is 0 Å². The molecule has 8 nitrogen and oxygen atoms in total. The number of carbonyl (C=O) groups is 1. The number of hydrogen-bond donors (Lipinski definition) is 3. The standard InChI is InChI=1S/C58H107N2O6P/c1-6-8-10-12-14-16-18-20-22-23-24-25-26-27-28-29-30-31-32-33-34-35-36-37-38-40-42-44-46-48-50-52-58(62)59-56(55-66-67(63,64)65-54-53-60(3,4)5)57(61)51-49-47-45-43-41-39-21-19-17-15-13-11-9-7-2/h8,10,14,16,20,22,24-25,27-28,49,51,56-57,61H,6-7,9,11-13,15,17-19,21,23,26,29-48,50,52-55H2,1-5H3,(H-,59,62,63,64)/p+1/b10-8-,16-14-,22-20-,25-24-,28-27-,51-49+. The molecule has 0 aromatic carbocycles. The van der Waals surface area contributed by atoms with Crippen LogP contribution in [0.4, 0.5) is 0 Å². The molecule has 0 saturated carbocycles. The van der Waals surface area contributed by atoms with Crippen molar-refractivity contribution in [3.63, 3.8) is 0 Å². The minimum absolute atomic E-state index is 0.0600. The van der Waals surface area contributed by atoms with E-state index in [1.54, 1.807) is 6.08 Å². The summed E-state index contributed by atoms with van der Waals surface area (Å²) in [6.07, 6.45) is 67.1. The lowest BCUT2D eigenvalue weighted by Crippen LogP contribution is -2.45. The molecule has 1 amide bonds. The van der Waals surface area contributed by atoms with E-state index in [2.05, 4.69) is 79.9 Å². The Morgan fingerprint density at radius 1 is 0.522 bits per heavy atom. The highest BCUT2D eigenvalue weighted by Gasteiger charge is 2.27. The summed E-state index contributed by atoms with van der Waals surface area (Å²) < 4.78 is 23.7. The lowest BCUT2D eigenvalue weighted by molar-refractivity contribution is -0.870. The average Bonchev–Trinajstić information content (AvgIpc) is 3.29. The van der Waals surface area contributed by atoms with E-state index >= 15 is 0 Å². The Bertz CT molecular complexity index is 1320. The average molecular weight is 960 g/mol. The lowest BCUT2D eigenvalue weighted by Gasteiger charge is -2.25. The van der Waals surface area contributed by atoms with Gasteiger partial charge in [0, 0.05) is 6.42 Å². The number of carbonyl (C=O) groups excluding carboxylic acids is 1. The van der Waals surface area contributed by atoms with Gasteiger partial charge < -0.3 is 19.8 Å². The van der Waals surface area contributed by atoms with Gasteiger partial charge in [-0.05, 0) is 64.2 Å². The third-order valence-electron chi connectivity index (χ3n) is 12.2. The summed E-state index contributed by atoms with van der Waals surface area (Å²) >= 11 is 0. The SMILES string of the molecule is CC/C=C\C/C=C\C/C=C\C/C=C\C/C=C\CCCCCCCCCCCCCCCCCC(=O)NC(COP(=O)(O)OCC[N+](C)(C)C)C(O)/C=C/CCCCCCCCCCCCCC. The molecule has 9 heteroatoms. The van der Waals surface area contributed by atoms with E-state index in [-0.39, 0.29) is 19.1 Å². The molecule has 0 spiro atoms. The van der Waals surface area contributed by atoms with Gasteiger partial charge in [-0.1, -0.05) is 241 Å². The zero-order valence-corrected chi connectivity index (χ0v) is 45.3. The Balaban J connectivity index is 4.11. The van der Waals surface area contributed by atoms with Crippen LogP contribution in [0.1, 0.15) is 239 Å². The molecule has 0 aromatic rings. The number of nitrogens with one attached hydrogen (secondary N) is 1. The van der Waals surface area contributed by atoms with Crippen molar-refractivity contribution in [2.24, 2.45) is 0 Å². The second kappa shape index (κ2) is 48.9. The lowest BCUT2D eigenvalue weighted by atomic mass is 10.0. The Morgan fingerprint density at radius 2 is 0.896 bits per heavy atom. The Hall–Kier alpha value is -2.06. The minimum Gasteiger partial charge on any atom is -0.387 e. The van der Waals surface area contributed by atoms with E-state index in [9.17, 15) is 19.4 Å². The second-order valence-electron chi connectivity index (χ2n) is 19.9. The summed E-state index contributed by atoms with van der Waals surface area (Å²) in [5, 5.41) is 13.9. The van der Waals surface area contributed by atoms with Gasteiger partial charge in [0.05, 0.1) is 39.9 Å². The van der Waals surface area contributed by atoms with Crippen molar-refractivity contribution in [3.05, 3.63) is 72.9 Å². The Morgan fingerprint density at radius 3 is 1.31 bits per heavy atom. The van der Waals surface area contributed by atoms with Gasteiger partial charge in [-0.3, -0.25) is 13.8 Å². The Labute approximate surface area is 414 Å². The summed E-state index contributed by atoms with van der Waals surface area (Å²) in [6, 6.07) is -0.848. The normalized spacial score (nSPS) is 14.6. The zero-order chi connectivity index (χ0) is 49.2. The van der Waals surface area contributed by atoms with Crippen molar-refractivity contribution >= 4 is 13.7 Å². The molecule has 3 atom stereocenters. The molecule has 0 aliphatic carbocycles. The van der Waals surface area contributed by atoms with Crippen LogP contribution in [0, 0.1) is 0 Å². The highest BCUT2D eigenvalue weighted by Crippen LogP contribution is 2.43. The fraction of sp³-hybridized carbons (Fsp3) is 0.776. The topological polar surface area (TPSA) is 105 Å². The van der Waals surface area contributed by atoms with Crippen molar-refractivity contribution in [1.82, 2.24) is 5.32 Å². The van der Waals surface area contributed by atoms with Gasteiger partial charge in [0.15, 0.2) is 0 Å². The molecule has 390 valence electrons. The van der Waals surface area contributed by atoms with E-state index in [1.807, 2.05) is 27.2 Å². The third kappa shape index (κ3) is 51.6. The molecule has 0 bridgehead atoms. The molecule has 0 radical (unpaired) electrons. The van der Waals surface area contributed by atoms with Gasteiger partial charge in [-0.2, -0.15) is 0 Å². The zero-order valence-electron chi connectivity index (χ0n) is 44.4. The van der Waals surface area contributed by atoms with Crippen molar-refractivity contribution in [2.75, 3.05) is 40.9 Å². The molecule has 0 aromatic heterocycles. The van der Waals surface area contributed by atoms with Crippen LogP contribution in [0.5, 0.6) is 0 Å². The molecule has 0 rings (SSSR count). The summed E-state index contributed by atoms with van der Waals surface area (Å²) in [6.45, 7) is 4.70. The smallest absolute Gasteiger partial charge is 0.387 e. The predicted octanol–water partition coefficient (Wildman–Crippen LogP) is 16.7. The second-order valence-corrected chi connectivity index (χ2v) is 21.4. The fourth-order valence-electron chi connectivity index (χ4n) is 7.83. The first-order valence-electron chi connectivity index (χ1n) is 27.8. The van der Waals surface area contributed by atoms with Crippen LogP contribution in [0.15, 0.2) is 72.9 Å². The monoisotopic (exact) mass is 960 g/mol. The quantitative estimate of drug-likeness (QED) is 0.0243. The number of phosphoric ester groups is 1. The largest absolute Gasteiger partial charge is 0.472 e. The number of hydrogen-bond acceptors (Lipinski definition) is 5. The van der Waals surface area contributed by atoms with Crippen LogP contribution >= 0.6 is 7.82 Å². The van der Waals surface area contributed by atoms with E-state index in [0.29, 0.717) is 17.4 Å². The number of unbranched alkanes of at least 4 members (excludes halogenated alkanes) is 27. The highest BCUT2D eigenvalue weighted by molar-refractivity contribution is 7.47. The first-order valence-corrected chi connectivity index (χ1v) is 29.3. The van der Waals surface area contributed by atoms with Crippen molar-refractivity contribution in [1.29, 1.82) is 0 Å². The van der Waals surface area contributed by atoms with Crippen LogP contribution in [-0.4, -0.2) is 73.4 Å². The molecule has 0 heterocycles. The maximum Gasteiger partial charge on any atom is 0.472 e. The number of aliphatic hydroxyl groups excluding tert-OH is 1. The molecule has 67 heavy (non-hydrogen) atoms. The number of rotatable bonds is 50. The number of aliphatic hydroxyl groups is 1. The number of amides is 1. The molecular weight excluding hydrogens is 852 g/mol. The number of quaternary nitrogens is 1. The third-order valence-corrected chi connectivity index (χ3v) is 13.2. The number of nitrogens with zero attached hydrogens (tertiary/aromatic N) is 1. The molecule has 0 aliphatic heterocycles. The summed E-state index contributed by atoms with van der Waals surface area (Å²) in [5.41, 5.74) is 0. The molecule has 3 N–H and O–H groups in total. The van der Waals surface area contributed by atoms with Gasteiger partial charge in [0.25, 0.3) is 0 Å². The predicted molar refractivity (Wildman–Crippen MR) is 290 cm³/mol. The van der Waals surface area contributed by atoms with Gasteiger partial charge in [-0.15, -0.1) is 0 Å². The van der Waals surface area contributed by atoms with Crippen LogP contribution in [0.3, 0.4) is 0 Å². The number of phosphoric acid groups is 1. The molecule has 3 unspecified atom stereocenters. The van der Waals surface area contributed by atoms with Gasteiger partial charge in [0.2, 0.25) is 5.91 Å². The van der Waals surface area contributed by atoms with Crippen LogP contribution in [0.2, 0.25) is 0 Å². The molecule has 0 aliphatic rings. The number of allylic oxidation sites excluding steroid dienone is 11. The van der Waals surface area contributed by atoms with Crippen LogP contribution in [-0.2, 0) is 18.4 Å². The van der Waals surface area contributed by atoms with E-state index < -0.39 is 20.0 Å². The minimum atomic E-state index is -4.34. The van der Waals surface area contributed by atoms with Gasteiger partial charge in [-0.25, -0.2) is 4.57 Å². The van der Waals surface area contributed by atoms with Crippen molar-refractivity contribution < 1.29 is 32.9 Å². The first kappa shape index (κ1) is 64.9. The van der Waals surface area contributed by atoms with Gasteiger partial charge >= 0.3 is 7.82 Å². The molecular formula is C58H108N2O6P+. The van der Waals surface area contributed by atoms with Crippen LogP contribution in [0.25, 0.3) is 0 Å². The van der Waals surface area contributed by atoms with Crippen LogP contribution < -0.4 is 5.32 Å². The summed E-state index contributed by atoms with van der Waals surface area (Å²) in [7, 11) is 1.57. The highest BCUT2D eigenvalue weighted by atomic mass is 31.2. The Kier molecular flexibility index (Phi) is 47.4. The first-order chi connectivity index (χ1) is 32.5. The summed E-state index contributed by atoms with van der Waals surface area (Å²) in [4.78, 5) is 23.2. The fourth-order valence-corrected chi connectivity index (χ4v) is 8.57. The molecule has 0 saturated heterocycles. The molecule has 0 fully saturated rings. The van der Waals surface area contributed by atoms with E-state index in [4.69, 9.17) is 9.05 Å². The van der Waals surface area contributed by atoms with E-state index in [1.165, 1.54) is 148 Å². The van der Waals surface area contributed by atoms with Gasteiger partial charge in [0.1, 0.15) is 13.2 Å². The van der Waals surface area contributed by atoms with E-state index in [0.717, 1.165) is 70.6 Å². The van der Waals surface area contributed by atoms with Crippen molar-refractivity contribution in [2.45, 2.75) is 251 Å². The summed E-state index contributed by atoms with van der Waals surface area (Å²) in [5.74, 6) is -0.179. The number of likely N-dealkylation sites (N-methyl/N-ethyl adjacent to an activating group) is 1. The maximum absolute atomic E-state index is 13.0.